The monoisotopic (exact) mass is 283 g/mol. The highest BCUT2D eigenvalue weighted by Gasteiger charge is 2.30. The number of para-hydroxylation sites is 1. The Morgan fingerprint density at radius 2 is 2.10 bits per heavy atom. The summed E-state index contributed by atoms with van der Waals surface area (Å²) in [6, 6.07) is 10.8. The van der Waals surface area contributed by atoms with E-state index >= 15 is 0 Å². The predicted octanol–water partition coefficient (Wildman–Crippen LogP) is 3.21. The number of aromatic nitrogens is 1. The molecule has 2 unspecified atom stereocenters. The molecule has 1 fully saturated rings. The molecule has 1 aromatic carbocycles. The molecule has 0 aliphatic carbocycles. The molecule has 1 aliphatic rings. The minimum Gasteiger partial charge on any atom is -0.329 e. The third-order valence-corrected chi connectivity index (χ3v) is 4.89. The van der Waals surface area contributed by atoms with Crippen LogP contribution in [0.15, 0.2) is 36.5 Å². The summed E-state index contributed by atoms with van der Waals surface area (Å²) in [5, 5.41) is 1.20. The highest BCUT2D eigenvalue weighted by molar-refractivity contribution is 5.82. The summed E-state index contributed by atoms with van der Waals surface area (Å²) in [6.07, 6.45) is 3.16. The van der Waals surface area contributed by atoms with E-state index in [0.29, 0.717) is 6.54 Å². The average molecular weight is 283 g/mol. The first kappa shape index (κ1) is 14.5. The third kappa shape index (κ3) is 2.81. The van der Waals surface area contributed by atoms with Gasteiger partial charge >= 0.3 is 0 Å². The summed E-state index contributed by atoms with van der Waals surface area (Å²) >= 11 is 0. The molecule has 2 aromatic rings. The van der Waals surface area contributed by atoms with E-state index in [4.69, 9.17) is 5.73 Å². The number of likely N-dealkylation sites (tertiary alicyclic amines) is 1. The molecule has 3 nitrogen and oxygen atoms in total. The molecule has 3 heteroatoms. The highest BCUT2D eigenvalue weighted by atomic mass is 15.2. The lowest BCUT2D eigenvalue weighted by molar-refractivity contribution is 0.233. The molecule has 0 saturated carbocycles. The molecule has 0 spiro atoms. The van der Waals surface area contributed by atoms with Gasteiger partial charge in [0.25, 0.3) is 0 Å². The second kappa shape index (κ2) is 6.12. The van der Waals surface area contributed by atoms with Gasteiger partial charge in [0.2, 0.25) is 0 Å². The second-order valence-electron chi connectivity index (χ2n) is 6.46. The van der Waals surface area contributed by atoms with Crippen molar-refractivity contribution in [2.75, 3.05) is 19.6 Å². The first-order valence-electron chi connectivity index (χ1n) is 7.98. The van der Waals surface area contributed by atoms with Gasteiger partial charge in [0.15, 0.2) is 0 Å². The fraction of sp³-hybridized carbons (Fsp3) is 0.500. The van der Waals surface area contributed by atoms with E-state index in [1.54, 1.807) is 0 Å². The zero-order valence-electron chi connectivity index (χ0n) is 13.0. The van der Waals surface area contributed by atoms with E-state index in [1.165, 1.54) is 17.4 Å². The Labute approximate surface area is 127 Å². The Balaban J connectivity index is 1.92. The van der Waals surface area contributed by atoms with Gasteiger partial charge in [0, 0.05) is 30.7 Å². The number of hydrogen-bond acceptors (Lipinski definition) is 3. The topological polar surface area (TPSA) is 42.1 Å². The van der Waals surface area contributed by atoms with Crippen LogP contribution in [0.25, 0.3) is 10.9 Å². The Morgan fingerprint density at radius 1 is 1.29 bits per heavy atom. The van der Waals surface area contributed by atoms with Crippen molar-refractivity contribution in [1.29, 1.82) is 0 Å². The van der Waals surface area contributed by atoms with Crippen molar-refractivity contribution >= 4 is 10.9 Å². The standard InChI is InChI=1S/C18H25N3/c1-13(2)15-8-10-21(12-15)17(11-19)16-7-3-5-14-6-4-9-20-18(14)16/h3-7,9,13,15,17H,8,10-12,19H2,1-2H3. The first-order chi connectivity index (χ1) is 10.2. The number of rotatable bonds is 4. The summed E-state index contributed by atoms with van der Waals surface area (Å²) in [5.41, 5.74) is 8.51. The molecule has 0 radical (unpaired) electrons. The average Bonchev–Trinajstić information content (AvgIpc) is 2.98. The number of fused-ring (bicyclic) bond motifs is 1. The Morgan fingerprint density at radius 3 is 2.81 bits per heavy atom. The lowest BCUT2D eigenvalue weighted by Crippen LogP contribution is -2.32. The van der Waals surface area contributed by atoms with E-state index in [9.17, 15) is 0 Å². The smallest absolute Gasteiger partial charge is 0.0750 e. The number of benzene rings is 1. The third-order valence-electron chi connectivity index (χ3n) is 4.89. The molecule has 1 aromatic heterocycles. The maximum absolute atomic E-state index is 6.13. The van der Waals surface area contributed by atoms with Crippen LogP contribution in [0.2, 0.25) is 0 Å². The fourth-order valence-corrected chi connectivity index (χ4v) is 3.51. The molecule has 2 heterocycles. The van der Waals surface area contributed by atoms with Gasteiger partial charge in [-0.05, 0) is 36.4 Å². The molecule has 3 rings (SSSR count). The first-order valence-corrected chi connectivity index (χ1v) is 7.98. The summed E-state index contributed by atoms with van der Waals surface area (Å²) in [6.45, 7) is 7.60. The fourth-order valence-electron chi connectivity index (χ4n) is 3.51. The summed E-state index contributed by atoms with van der Waals surface area (Å²) in [7, 11) is 0. The Kier molecular flexibility index (Phi) is 4.22. The van der Waals surface area contributed by atoms with Crippen LogP contribution in [0.1, 0.15) is 31.9 Å². The van der Waals surface area contributed by atoms with Gasteiger partial charge in [0.1, 0.15) is 0 Å². The highest BCUT2D eigenvalue weighted by Crippen LogP contribution is 2.32. The van der Waals surface area contributed by atoms with Gasteiger partial charge in [-0.15, -0.1) is 0 Å². The van der Waals surface area contributed by atoms with Crippen molar-refractivity contribution in [2.24, 2.45) is 17.6 Å². The van der Waals surface area contributed by atoms with Crippen molar-refractivity contribution in [3.05, 3.63) is 42.1 Å². The Bertz CT molecular complexity index is 603. The van der Waals surface area contributed by atoms with Crippen molar-refractivity contribution in [3.63, 3.8) is 0 Å². The van der Waals surface area contributed by atoms with Crippen LogP contribution in [0.5, 0.6) is 0 Å². The summed E-state index contributed by atoms with van der Waals surface area (Å²) in [4.78, 5) is 7.14. The number of hydrogen-bond donors (Lipinski definition) is 1. The van der Waals surface area contributed by atoms with Gasteiger partial charge in [-0.25, -0.2) is 0 Å². The van der Waals surface area contributed by atoms with E-state index in [2.05, 4.69) is 48.0 Å². The normalized spacial score (nSPS) is 21.2. The quantitative estimate of drug-likeness (QED) is 0.937. The van der Waals surface area contributed by atoms with Crippen LogP contribution < -0.4 is 5.73 Å². The van der Waals surface area contributed by atoms with Crippen molar-refractivity contribution in [2.45, 2.75) is 26.3 Å². The van der Waals surface area contributed by atoms with Gasteiger partial charge in [0.05, 0.1) is 5.52 Å². The predicted molar refractivity (Wildman–Crippen MR) is 88.1 cm³/mol. The minimum atomic E-state index is 0.285. The van der Waals surface area contributed by atoms with Crippen molar-refractivity contribution in [3.8, 4) is 0 Å². The Hall–Kier alpha value is -1.45. The molecular formula is C18H25N3. The van der Waals surface area contributed by atoms with Crippen LogP contribution >= 0.6 is 0 Å². The SMILES string of the molecule is CC(C)C1CCN(C(CN)c2cccc3cccnc23)C1. The van der Waals surface area contributed by atoms with E-state index in [0.717, 1.165) is 30.4 Å². The molecule has 2 atom stereocenters. The summed E-state index contributed by atoms with van der Waals surface area (Å²) < 4.78 is 0. The van der Waals surface area contributed by atoms with Crippen LogP contribution in [0.4, 0.5) is 0 Å². The molecule has 0 amide bonds. The molecule has 21 heavy (non-hydrogen) atoms. The van der Waals surface area contributed by atoms with Gasteiger partial charge < -0.3 is 5.73 Å². The van der Waals surface area contributed by atoms with Crippen LogP contribution in [0.3, 0.4) is 0 Å². The van der Waals surface area contributed by atoms with Crippen LogP contribution in [-0.2, 0) is 0 Å². The maximum Gasteiger partial charge on any atom is 0.0750 e. The number of nitrogens with two attached hydrogens (primary N) is 1. The zero-order valence-corrected chi connectivity index (χ0v) is 13.0. The molecule has 1 saturated heterocycles. The number of nitrogens with zero attached hydrogens (tertiary/aromatic N) is 2. The second-order valence-corrected chi connectivity index (χ2v) is 6.46. The molecule has 112 valence electrons. The number of pyridine rings is 1. The minimum absolute atomic E-state index is 0.285. The van der Waals surface area contributed by atoms with E-state index < -0.39 is 0 Å². The van der Waals surface area contributed by atoms with E-state index in [-0.39, 0.29) is 6.04 Å². The van der Waals surface area contributed by atoms with Crippen molar-refractivity contribution < 1.29 is 0 Å². The van der Waals surface area contributed by atoms with Crippen LogP contribution in [0, 0.1) is 11.8 Å². The molecule has 2 N–H and O–H groups in total. The van der Waals surface area contributed by atoms with Gasteiger partial charge in [-0.2, -0.15) is 0 Å². The lowest BCUT2D eigenvalue weighted by Gasteiger charge is -2.28. The summed E-state index contributed by atoms with van der Waals surface area (Å²) in [5.74, 6) is 1.54. The van der Waals surface area contributed by atoms with Gasteiger partial charge in [-0.1, -0.05) is 38.1 Å². The molecule has 0 bridgehead atoms. The zero-order chi connectivity index (χ0) is 14.8. The van der Waals surface area contributed by atoms with Crippen molar-refractivity contribution in [1.82, 2.24) is 9.88 Å². The maximum atomic E-state index is 6.13. The van der Waals surface area contributed by atoms with Gasteiger partial charge in [-0.3, -0.25) is 9.88 Å². The largest absolute Gasteiger partial charge is 0.329 e. The van der Waals surface area contributed by atoms with E-state index in [1.807, 2.05) is 12.3 Å². The van der Waals surface area contributed by atoms with Crippen LogP contribution in [-0.4, -0.2) is 29.5 Å². The molecule has 1 aliphatic heterocycles. The lowest BCUT2D eigenvalue weighted by atomic mass is 9.95. The molecular weight excluding hydrogens is 258 g/mol.